The lowest BCUT2D eigenvalue weighted by atomic mass is 10.0. The molecule has 1 atom stereocenters. The Morgan fingerprint density at radius 2 is 2.26 bits per heavy atom. The molecule has 0 aliphatic carbocycles. The van der Waals surface area contributed by atoms with Crippen LogP contribution in [0, 0.1) is 0 Å². The Hall–Kier alpha value is -0.840. The Labute approximate surface area is 126 Å². The van der Waals surface area contributed by atoms with Gasteiger partial charge < -0.3 is 5.11 Å². The van der Waals surface area contributed by atoms with Gasteiger partial charge in [-0.3, -0.25) is 4.68 Å². The number of rotatable bonds is 5. The van der Waals surface area contributed by atoms with Gasteiger partial charge in [0.25, 0.3) is 0 Å². The summed E-state index contributed by atoms with van der Waals surface area (Å²) in [6.45, 7) is 2.96. The number of aliphatic hydroxyl groups excluding tert-OH is 1. The number of hydrogen-bond acceptors (Lipinski definition) is 2. The van der Waals surface area contributed by atoms with Gasteiger partial charge in [0.05, 0.1) is 12.3 Å². The van der Waals surface area contributed by atoms with Crippen molar-refractivity contribution in [3.63, 3.8) is 0 Å². The summed E-state index contributed by atoms with van der Waals surface area (Å²) in [4.78, 5) is 0. The zero-order valence-corrected chi connectivity index (χ0v) is 13.0. The molecule has 3 nitrogen and oxygen atoms in total. The van der Waals surface area contributed by atoms with E-state index >= 15 is 0 Å². The maximum atomic E-state index is 10.2. The van der Waals surface area contributed by atoms with Crippen LogP contribution in [-0.2, 0) is 13.0 Å². The van der Waals surface area contributed by atoms with Crippen LogP contribution in [0.1, 0.15) is 30.6 Å². The summed E-state index contributed by atoms with van der Waals surface area (Å²) >= 11 is 9.52. The van der Waals surface area contributed by atoms with Crippen molar-refractivity contribution in [2.75, 3.05) is 0 Å². The monoisotopic (exact) mass is 342 g/mol. The number of aryl methyl sites for hydroxylation is 1. The normalized spacial score (nSPS) is 12.6. The second kappa shape index (κ2) is 6.55. The van der Waals surface area contributed by atoms with Gasteiger partial charge in [0.2, 0.25) is 0 Å². The molecule has 0 fully saturated rings. The van der Waals surface area contributed by atoms with Gasteiger partial charge in [-0.15, -0.1) is 0 Å². The molecule has 2 aromatic rings. The molecule has 1 unspecified atom stereocenters. The molecule has 0 aliphatic rings. The minimum Gasteiger partial charge on any atom is -0.388 e. The van der Waals surface area contributed by atoms with Crippen molar-refractivity contribution in [1.29, 1.82) is 0 Å². The second-order valence-electron chi connectivity index (χ2n) is 4.49. The SMILES string of the molecule is CCCn1cc(C(O)Cc2ccc(Br)cc2Cl)cn1. The van der Waals surface area contributed by atoms with Gasteiger partial charge >= 0.3 is 0 Å². The summed E-state index contributed by atoms with van der Waals surface area (Å²) in [6, 6.07) is 5.69. The molecule has 1 heterocycles. The molecule has 0 amide bonds. The van der Waals surface area contributed by atoms with Crippen LogP contribution in [0.4, 0.5) is 0 Å². The standard InChI is InChI=1S/C14H16BrClN2O/c1-2-5-18-9-11(8-17-18)14(19)6-10-3-4-12(15)7-13(10)16/h3-4,7-9,14,19H,2,5-6H2,1H3. The van der Waals surface area contributed by atoms with Gasteiger partial charge in [-0.1, -0.05) is 40.5 Å². The molecule has 19 heavy (non-hydrogen) atoms. The molecular formula is C14H16BrClN2O. The highest BCUT2D eigenvalue weighted by Crippen LogP contribution is 2.26. The summed E-state index contributed by atoms with van der Waals surface area (Å²) in [5, 5.41) is 15.1. The fourth-order valence-corrected chi connectivity index (χ4v) is 2.67. The molecule has 102 valence electrons. The number of aliphatic hydroxyl groups is 1. The van der Waals surface area contributed by atoms with Crippen molar-refractivity contribution >= 4 is 27.5 Å². The lowest BCUT2D eigenvalue weighted by Gasteiger charge is -2.10. The van der Waals surface area contributed by atoms with Crippen molar-refractivity contribution in [2.45, 2.75) is 32.4 Å². The first-order valence-corrected chi connectivity index (χ1v) is 7.41. The number of aromatic nitrogens is 2. The van der Waals surface area contributed by atoms with Crippen LogP contribution >= 0.6 is 27.5 Å². The van der Waals surface area contributed by atoms with Crippen molar-refractivity contribution < 1.29 is 5.11 Å². The lowest BCUT2D eigenvalue weighted by Crippen LogP contribution is -2.02. The zero-order chi connectivity index (χ0) is 13.8. The number of hydrogen-bond donors (Lipinski definition) is 1. The quantitative estimate of drug-likeness (QED) is 0.891. The fourth-order valence-electron chi connectivity index (χ4n) is 1.92. The van der Waals surface area contributed by atoms with E-state index in [1.54, 1.807) is 6.20 Å². The molecule has 1 N–H and O–H groups in total. The summed E-state index contributed by atoms with van der Waals surface area (Å²) in [7, 11) is 0. The first kappa shape index (κ1) is 14.6. The molecule has 5 heteroatoms. The molecular weight excluding hydrogens is 328 g/mol. The number of benzene rings is 1. The average Bonchev–Trinajstić information content (AvgIpc) is 2.82. The van der Waals surface area contributed by atoms with E-state index < -0.39 is 6.10 Å². The first-order valence-electron chi connectivity index (χ1n) is 6.24. The van der Waals surface area contributed by atoms with Gasteiger partial charge in [0.15, 0.2) is 0 Å². The van der Waals surface area contributed by atoms with Crippen molar-refractivity contribution in [2.24, 2.45) is 0 Å². The number of halogens is 2. The molecule has 2 rings (SSSR count). The van der Waals surface area contributed by atoms with Gasteiger partial charge in [0.1, 0.15) is 0 Å². The van der Waals surface area contributed by atoms with E-state index in [9.17, 15) is 5.11 Å². The van der Waals surface area contributed by atoms with E-state index in [1.807, 2.05) is 29.1 Å². The average molecular weight is 344 g/mol. The van der Waals surface area contributed by atoms with Crippen molar-refractivity contribution in [1.82, 2.24) is 9.78 Å². The van der Waals surface area contributed by atoms with Crippen LogP contribution in [-0.4, -0.2) is 14.9 Å². The van der Waals surface area contributed by atoms with Crippen LogP contribution in [0.15, 0.2) is 35.1 Å². The van der Waals surface area contributed by atoms with Crippen LogP contribution < -0.4 is 0 Å². The fraction of sp³-hybridized carbons (Fsp3) is 0.357. The Morgan fingerprint density at radius 1 is 1.47 bits per heavy atom. The maximum absolute atomic E-state index is 10.2. The first-order chi connectivity index (χ1) is 9.10. The van der Waals surface area contributed by atoms with Gasteiger partial charge in [-0.05, 0) is 24.1 Å². The summed E-state index contributed by atoms with van der Waals surface area (Å²) < 4.78 is 2.79. The highest BCUT2D eigenvalue weighted by Gasteiger charge is 2.13. The molecule has 0 aliphatic heterocycles. The lowest BCUT2D eigenvalue weighted by molar-refractivity contribution is 0.178. The van der Waals surface area contributed by atoms with Gasteiger partial charge in [-0.25, -0.2) is 0 Å². The molecule has 0 bridgehead atoms. The van der Waals surface area contributed by atoms with E-state index in [0.717, 1.165) is 28.6 Å². The van der Waals surface area contributed by atoms with E-state index in [1.165, 1.54) is 0 Å². The zero-order valence-electron chi connectivity index (χ0n) is 10.7. The van der Waals surface area contributed by atoms with Crippen LogP contribution in [0.2, 0.25) is 5.02 Å². The molecule has 1 aromatic heterocycles. The van der Waals surface area contributed by atoms with E-state index in [2.05, 4.69) is 28.0 Å². The largest absolute Gasteiger partial charge is 0.388 e. The van der Waals surface area contributed by atoms with Crippen molar-refractivity contribution in [3.8, 4) is 0 Å². The predicted molar refractivity (Wildman–Crippen MR) is 80.3 cm³/mol. The van der Waals surface area contributed by atoms with E-state index in [4.69, 9.17) is 11.6 Å². The van der Waals surface area contributed by atoms with Crippen molar-refractivity contribution in [3.05, 3.63) is 51.2 Å². The van der Waals surface area contributed by atoms with Crippen LogP contribution in [0.3, 0.4) is 0 Å². The predicted octanol–water partition coefficient (Wildman–Crippen LogP) is 3.99. The smallest absolute Gasteiger partial charge is 0.0861 e. The molecule has 0 saturated carbocycles. The third-order valence-corrected chi connectivity index (χ3v) is 3.76. The minimum atomic E-state index is -0.579. The topological polar surface area (TPSA) is 38.0 Å². The summed E-state index contributed by atoms with van der Waals surface area (Å²) in [5.41, 5.74) is 1.76. The molecule has 0 spiro atoms. The summed E-state index contributed by atoms with van der Waals surface area (Å²) in [6.07, 6.45) is 4.54. The van der Waals surface area contributed by atoms with Crippen LogP contribution in [0.5, 0.6) is 0 Å². The minimum absolute atomic E-state index is 0.490. The Morgan fingerprint density at radius 3 is 2.95 bits per heavy atom. The summed E-state index contributed by atoms with van der Waals surface area (Å²) in [5.74, 6) is 0. The third-order valence-electron chi connectivity index (χ3n) is 2.92. The molecule has 0 radical (unpaired) electrons. The Bertz CT molecular complexity index is 556. The highest BCUT2D eigenvalue weighted by molar-refractivity contribution is 9.10. The number of nitrogens with zero attached hydrogens (tertiary/aromatic N) is 2. The van der Waals surface area contributed by atoms with Gasteiger partial charge in [-0.2, -0.15) is 5.10 Å². The molecule has 1 aromatic carbocycles. The van der Waals surface area contributed by atoms with Gasteiger partial charge in [0, 0.05) is 34.2 Å². The Kier molecular flexibility index (Phi) is 5.02. The van der Waals surface area contributed by atoms with Crippen LogP contribution in [0.25, 0.3) is 0 Å². The van der Waals surface area contributed by atoms with E-state index in [-0.39, 0.29) is 0 Å². The maximum Gasteiger partial charge on any atom is 0.0861 e. The second-order valence-corrected chi connectivity index (χ2v) is 5.82. The Balaban J connectivity index is 2.09. The third kappa shape index (κ3) is 3.81. The molecule has 0 saturated heterocycles. The highest BCUT2D eigenvalue weighted by atomic mass is 79.9. The van der Waals surface area contributed by atoms with E-state index in [0.29, 0.717) is 11.4 Å².